The highest BCUT2D eigenvalue weighted by Gasteiger charge is 2.32. The normalized spacial score (nSPS) is 11.8. The average molecular weight is 361 g/mol. The zero-order chi connectivity index (χ0) is 18.0. The van der Waals surface area contributed by atoms with Crippen molar-refractivity contribution >= 4 is 35.2 Å². The Morgan fingerprint density at radius 1 is 1.04 bits per heavy atom. The van der Waals surface area contributed by atoms with Gasteiger partial charge in [0.05, 0.1) is 21.1 Å². The molecule has 0 saturated carbocycles. The van der Waals surface area contributed by atoms with Gasteiger partial charge in [-0.25, -0.2) is 15.2 Å². The summed E-state index contributed by atoms with van der Waals surface area (Å²) in [6, 6.07) is 4.77. The number of nitrogens with one attached hydrogen (secondary N) is 1. The number of amides is 2. The highest BCUT2D eigenvalue weighted by molar-refractivity contribution is 6.39. The van der Waals surface area contributed by atoms with Crippen molar-refractivity contribution in [3.05, 3.63) is 33.8 Å². The third-order valence-electron chi connectivity index (χ3n) is 2.65. The van der Waals surface area contributed by atoms with Gasteiger partial charge in [0.25, 0.3) is 5.91 Å². The van der Waals surface area contributed by atoms with Gasteiger partial charge in [0.1, 0.15) is 5.60 Å². The Balaban J connectivity index is 3.13. The number of hydrogen-bond acceptors (Lipinski definition) is 3. The molecule has 0 spiro atoms. The van der Waals surface area contributed by atoms with Crippen molar-refractivity contribution in [2.24, 2.45) is 0 Å². The molecule has 0 radical (unpaired) electrons. The van der Waals surface area contributed by atoms with Crippen LogP contribution in [0.25, 0.3) is 0 Å². The second-order valence-corrected chi connectivity index (χ2v) is 7.84. The number of nitrogens with zero attached hydrogens (tertiary/aromatic N) is 1. The van der Waals surface area contributed by atoms with E-state index in [-0.39, 0.29) is 15.6 Å². The Labute approximate surface area is 146 Å². The molecule has 7 heteroatoms. The zero-order valence-corrected chi connectivity index (χ0v) is 15.7. The molecule has 2 amide bonds. The average Bonchev–Trinajstić information content (AvgIpc) is 2.32. The number of carbonyl (C=O) groups is 2. The van der Waals surface area contributed by atoms with Crippen molar-refractivity contribution in [2.75, 3.05) is 0 Å². The quantitative estimate of drug-likeness (QED) is 0.740. The van der Waals surface area contributed by atoms with E-state index >= 15 is 0 Å². The minimum Gasteiger partial charge on any atom is -0.443 e. The molecular weight excluding hydrogens is 339 g/mol. The van der Waals surface area contributed by atoms with Crippen molar-refractivity contribution in [3.63, 3.8) is 0 Å². The first kappa shape index (κ1) is 19.6. The number of ether oxygens (including phenoxy) is 1. The smallest absolute Gasteiger partial charge is 0.426 e. The number of halogens is 2. The fourth-order valence-corrected chi connectivity index (χ4v) is 2.29. The van der Waals surface area contributed by atoms with E-state index in [4.69, 9.17) is 27.9 Å². The summed E-state index contributed by atoms with van der Waals surface area (Å²) in [7, 11) is 0. The molecular formula is C16H22Cl2N2O3. The predicted molar refractivity (Wildman–Crippen MR) is 91.8 cm³/mol. The van der Waals surface area contributed by atoms with Crippen molar-refractivity contribution in [3.8, 4) is 0 Å². The molecule has 0 atom stereocenters. The van der Waals surface area contributed by atoms with Gasteiger partial charge in [-0.1, -0.05) is 29.3 Å². The first-order valence-electron chi connectivity index (χ1n) is 7.11. The van der Waals surface area contributed by atoms with Crippen LogP contribution in [-0.4, -0.2) is 28.1 Å². The highest BCUT2D eigenvalue weighted by atomic mass is 35.5. The lowest BCUT2D eigenvalue weighted by atomic mass is 10.1. The number of benzene rings is 1. The third kappa shape index (κ3) is 5.59. The minimum absolute atomic E-state index is 0.127. The number of carbonyl (C=O) groups excluding carboxylic acids is 2. The number of rotatable bonds is 1. The Morgan fingerprint density at radius 2 is 1.52 bits per heavy atom. The van der Waals surface area contributed by atoms with Crippen molar-refractivity contribution < 1.29 is 14.3 Å². The lowest BCUT2D eigenvalue weighted by Crippen LogP contribution is -2.56. The summed E-state index contributed by atoms with van der Waals surface area (Å²) in [6.45, 7) is 10.5. The van der Waals surface area contributed by atoms with Crippen LogP contribution in [0.5, 0.6) is 0 Å². The van der Waals surface area contributed by atoms with Crippen molar-refractivity contribution in [1.29, 1.82) is 0 Å². The Kier molecular flexibility index (Phi) is 5.94. The van der Waals surface area contributed by atoms with Gasteiger partial charge < -0.3 is 4.74 Å². The molecule has 23 heavy (non-hydrogen) atoms. The minimum atomic E-state index is -0.732. The van der Waals surface area contributed by atoms with Crippen molar-refractivity contribution in [2.45, 2.75) is 52.7 Å². The van der Waals surface area contributed by atoms with Gasteiger partial charge in [0, 0.05) is 0 Å². The Bertz CT molecular complexity index is 584. The van der Waals surface area contributed by atoms with Crippen LogP contribution in [0.3, 0.4) is 0 Å². The van der Waals surface area contributed by atoms with Crippen LogP contribution in [0.4, 0.5) is 4.79 Å². The van der Waals surface area contributed by atoms with Crippen LogP contribution in [0, 0.1) is 0 Å². The molecule has 1 aromatic rings. The fourth-order valence-electron chi connectivity index (χ4n) is 1.73. The van der Waals surface area contributed by atoms with Crippen LogP contribution in [0.15, 0.2) is 18.2 Å². The third-order valence-corrected chi connectivity index (χ3v) is 3.28. The molecule has 0 fully saturated rings. The second-order valence-electron chi connectivity index (χ2n) is 7.02. The van der Waals surface area contributed by atoms with E-state index < -0.39 is 23.1 Å². The molecule has 0 unspecified atom stereocenters. The maximum absolute atomic E-state index is 12.8. The van der Waals surface area contributed by atoms with Crippen LogP contribution < -0.4 is 5.43 Å². The summed E-state index contributed by atoms with van der Waals surface area (Å²) < 4.78 is 5.20. The fraction of sp³-hybridized carbons (Fsp3) is 0.500. The molecule has 0 aliphatic carbocycles. The maximum Gasteiger partial charge on any atom is 0.426 e. The summed E-state index contributed by atoms with van der Waals surface area (Å²) in [5.74, 6) is -0.515. The first-order chi connectivity index (χ1) is 10.3. The predicted octanol–water partition coefficient (Wildman–Crippen LogP) is 4.67. The van der Waals surface area contributed by atoms with Crippen LogP contribution in [0.1, 0.15) is 51.9 Å². The Hall–Kier alpha value is -1.46. The summed E-state index contributed by atoms with van der Waals surface area (Å²) in [5, 5.41) is 1.58. The van der Waals surface area contributed by atoms with Crippen molar-refractivity contribution in [1.82, 2.24) is 10.4 Å². The van der Waals surface area contributed by atoms with Gasteiger partial charge in [-0.3, -0.25) is 4.79 Å². The molecule has 0 bridgehead atoms. The van der Waals surface area contributed by atoms with Crippen LogP contribution in [0.2, 0.25) is 10.0 Å². The van der Waals surface area contributed by atoms with Crippen LogP contribution >= 0.6 is 23.2 Å². The molecule has 128 valence electrons. The largest absolute Gasteiger partial charge is 0.443 e. The van der Waals surface area contributed by atoms with Gasteiger partial charge >= 0.3 is 6.09 Å². The zero-order valence-electron chi connectivity index (χ0n) is 14.2. The first-order valence-corrected chi connectivity index (χ1v) is 7.87. The summed E-state index contributed by atoms with van der Waals surface area (Å²) >= 11 is 12.2. The topological polar surface area (TPSA) is 58.6 Å². The monoisotopic (exact) mass is 360 g/mol. The van der Waals surface area contributed by atoms with Gasteiger partial charge in [0.15, 0.2) is 0 Å². The molecule has 1 N–H and O–H groups in total. The standard InChI is InChI=1S/C16H22Cl2N2O3/c1-15(2,3)20(19-14(22)23-16(4,5)6)13(21)12-10(17)8-7-9-11(12)18/h7-9H,1-6H3,(H,19,22). The van der Waals surface area contributed by atoms with E-state index in [1.54, 1.807) is 59.7 Å². The SMILES string of the molecule is CC(C)(C)OC(=O)NN(C(=O)c1c(Cl)cccc1Cl)C(C)(C)C. The second kappa shape index (κ2) is 6.97. The van der Waals surface area contributed by atoms with Gasteiger partial charge in [-0.15, -0.1) is 0 Å². The number of hydrazine groups is 1. The Morgan fingerprint density at radius 3 is 1.91 bits per heavy atom. The molecule has 1 aromatic carbocycles. The van der Waals surface area contributed by atoms with E-state index in [2.05, 4.69) is 5.43 Å². The molecule has 0 heterocycles. The molecule has 1 rings (SSSR count). The molecule has 0 aliphatic rings. The summed E-state index contributed by atoms with van der Waals surface area (Å²) in [5.41, 5.74) is 1.20. The van der Waals surface area contributed by atoms with E-state index in [0.29, 0.717) is 0 Å². The van der Waals surface area contributed by atoms with Crippen LogP contribution in [-0.2, 0) is 4.74 Å². The lowest BCUT2D eigenvalue weighted by molar-refractivity contribution is 0.0118. The maximum atomic E-state index is 12.8. The summed E-state index contributed by atoms with van der Waals surface area (Å²) in [4.78, 5) is 24.8. The van der Waals surface area contributed by atoms with E-state index in [1.807, 2.05) is 0 Å². The van der Waals surface area contributed by atoms with E-state index in [1.165, 1.54) is 0 Å². The molecule has 0 aromatic heterocycles. The highest BCUT2D eigenvalue weighted by Crippen LogP contribution is 2.27. The molecule has 5 nitrogen and oxygen atoms in total. The van der Waals surface area contributed by atoms with E-state index in [0.717, 1.165) is 5.01 Å². The van der Waals surface area contributed by atoms with Gasteiger partial charge in [-0.05, 0) is 53.7 Å². The van der Waals surface area contributed by atoms with Gasteiger partial charge in [0.2, 0.25) is 0 Å². The van der Waals surface area contributed by atoms with Gasteiger partial charge in [-0.2, -0.15) is 0 Å². The number of hydrogen-bond donors (Lipinski definition) is 1. The molecule has 0 aliphatic heterocycles. The summed E-state index contributed by atoms with van der Waals surface area (Å²) in [6.07, 6.45) is -0.732. The van der Waals surface area contributed by atoms with E-state index in [9.17, 15) is 9.59 Å². The molecule has 0 saturated heterocycles. The lowest BCUT2D eigenvalue weighted by Gasteiger charge is -2.36.